The summed E-state index contributed by atoms with van der Waals surface area (Å²) in [7, 11) is 0. The fraction of sp³-hybridized carbons (Fsp3) is 0.588. The van der Waals surface area contributed by atoms with E-state index in [1.165, 1.54) is 0 Å². The third-order valence-electron chi connectivity index (χ3n) is 3.67. The molecule has 0 fully saturated rings. The molecule has 1 aromatic rings. The second-order valence-corrected chi connectivity index (χ2v) is 5.07. The number of rotatable bonds is 8. The SMILES string of the molecule is CCOc1cc(C)c(C(=O)CCN(CC)CC)cc1C. The Hall–Kier alpha value is -1.35. The minimum Gasteiger partial charge on any atom is -0.494 e. The molecule has 1 aromatic carbocycles. The number of carbonyl (C=O) groups excluding carboxylic acids is 1. The van der Waals surface area contributed by atoms with Gasteiger partial charge in [0, 0.05) is 18.5 Å². The Balaban J connectivity index is 2.80. The highest BCUT2D eigenvalue weighted by atomic mass is 16.5. The lowest BCUT2D eigenvalue weighted by Gasteiger charge is -2.18. The molecule has 3 heteroatoms. The zero-order chi connectivity index (χ0) is 15.1. The van der Waals surface area contributed by atoms with Crippen LogP contribution in [0.4, 0.5) is 0 Å². The molecule has 0 saturated carbocycles. The molecule has 0 atom stereocenters. The Morgan fingerprint density at radius 2 is 1.75 bits per heavy atom. The number of Topliss-reactive ketones (excluding diaryl/α,β-unsaturated/α-hetero) is 1. The Kier molecular flexibility index (Phi) is 6.73. The van der Waals surface area contributed by atoms with E-state index in [-0.39, 0.29) is 5.78 Å². The van der Waals surface area contributed by atoms with E-state index in [9.17, 15) is 4.79 Å². The van der Waals surface area contributed by atoms with Gasteiger partial charge in [0.05, 0.1) is 6.61 Å². The predicted molar refractivity (Wildman–Crippen MR) is 83.8 cm³/mol. The van der Waals surface area contributed by atoms with Crippen LogP contribution in [0.2, 0.25) is 0 Å². The second-order valence-electron chi connectivity index (χ2n) is 5.07. The summed E-state index contributed by atoms with van der Waals surface area (Å²) in [5, 5.41) is 0. The van der Waals surface area contributed by atoms with E-state index < -0.39 is 0 Å². The van der Waals surface area contributed by atoms with Crippen LogP contribution in [0.3, 0.4) is 0 Å². The third kappa shape index (κ3) is 4.34. The van der Waals surface area contributed by atoms with Crippen molar-refractivity contribution < 1.29 is 9.53 Å². The van der Waals surface area contributed by atoms with E-state index in [2.05, 4.69) is 18.7 Å². The fourth-order valence-corrected chi connectivity index (χ4v) is 2.34. The molecule has 0 N–H and O–H groups in total. The lowest BCUT2D eigenvalue weighted by atomic mass is 9.99. The minimum atomic E-state index is 0.223. The lowest BCUT2D eigenvalue weighted by Crippen LogP contribution is -2.25. The van der Waals surface area contributed by atoms with Gasteiger partial charge in [-0.1, -0.05) is 13.8 Å². The van der Waals surface area contributed by atoms with E-state index in [4.69, 9.17) is 4.74 Å². The first kappa shape index (κ1) is 16.7. The van der Waals surface area contributed by atoms with Crippen molar-refractivity contribution in [1.82, 2.24) is 4.90 Å². The summed E-state index contributed by atoms with van der Waals surface area (Å²) in [5.41, 5.74) is 2.87. The molecule has 0 heterocycles. The van der Waals surface area contributed by atoms with E-state index in [0.29, 0.717) is 13.0 Å². The van der Waals surface area contributed by atoms with Crippen molar-refractivity contribution in [3.63, 3.8) is 0 Å². The smallest absolute Gasteiger partial charge is 0.164 e. The summed E-state index contributed by atoms with van der Waals surface area (Å²) in [6.45, 7) is 13.7. The van der Waals surface area contributed by atoms with Crippen molar-refractivity contribution in [3.05, 3.63) is 28.8 Å². The number of aryl methyl sites for hydroxylation is 2. The van der Waals surface area contributed by atoms with Crippen LogP contribution in [0.1, 0.15) is 48.7 Å². The summed E-state index contributed by atoms with van der Waals surface area (Å²) in [6.07, 6.45) is 0.579. The van der Waals surface area contributed by atoms with Gasteiger partial charge in [0.15, 0.2) is 5.78 Å². The van der Waals surface area contributed by atoms with Crippen molar-refractivity contribution in [2.75, 3.05) is 26.2 Å². The largest absolute Gasteiger partial charge is 0.494 e. The Bertz CT molecular complexity index is 451. The summed E-state index contributed by atoms with van der Waals surface area (Å²) >= 11 is 0. The molecule has 0 saturated heterocycles. The number of ketones is 1. The van der Waals surface area contributed by atoms with E-state index in [1.54, 1.807) is 0 Å². The molecular formula is C17H27NO2. The molecule has 3 nitrogen and oxygen atoms in total. The van der Waals surface area contributed by atoms with Crippen LogP contribution in [0.25, 0.3) is 0 Å². The van der Waals surface area contributed by atoms with Gasteiger partial charge in [0.1, 0.15) is 5.75 Å². The number of hydrogen-bond acceptors (Lipinski definition) is 3. The van der Waals surface area contributed by atoms with Crippen molar-refractivity contribution in [2.24, 2.45) is 0 Å². The Morgan fingerprint density at radius 3 is 2.30 bits per heavy atom. The maximum Gasteiger partial charge on any atom is 0.164 e. The van der Waals surface area contributed by atoms with Crippen molar-refractivity contribution >= 4 is 5.78 Å². The third-order valence-corrected chi connectivity index (χ3v) is 3.67. The molecule has 0 aliphatic rings. The maximum absolute atomic E-state index is 12.4. The number of hydrogen-bond donors (Lipinski definition) is 0. The second kappa shape index (κ2) is 8.05. The first-order chi connectivity index (χ1) is 9.53. The van der Waals surface area contributed by atoms with E-state index >= 15 is 0 Å². The maximum atomic E-state index is 12.4. The number of carbonyl (C=O) groups is 1. The van der Waals surface area contributed by atoms with Gasteiger partial charge < -0.3 is 9.64 Å². The van der Waals surface area contributed by atoms with Gasteiger partial charge in [0.2, 0.25) is 0 Å². The molecule has 0 amide bonds. The van der Waals surface area contributed by atoms with Crippen molar-refractivity contribution in [3.8, 4) is 5.75 Å². The zero-order valence-corrected chi connectivity index (χ0v) is 13.5. The van der Waals surface area contributed by atoms with Crippen molar-refractivity contribution in [2.45, 2.75) is 41.0 Å². The van der Waals surface area contributed by atoms with Crippen LogP contribution in [0, 0.1) is 13.8 Å². The molecule has 0 aliphatic heterocycles. The highest BCUT2D eigenvalue weighted by Gasteiger charge is 2.13. The monoisotopic (exact) mass is 277 g/mol. The van der Waals surface area contributed by atoms with E-state index in [0.717, 1.165) is 42.1 Å². The van der Waals surface area contributed by atoms with Gasteiger partial charge in [0.25, 0.3) is 0 Å². The number of benzene rings is 1. The average Bonchev–Trinajstić information content (AvgIpc) is 2.43. The molecule has 0 bridgehead atoms. The first-order valence-electron chi connectivity index (χ1n) is 7.53. The minimum absolute atomic E-state index is 0.223. The van der Waals surface area contributed by atoms with Crippen LogP contribution < -0.4 is 4.74 Å². The van der Waals surface area contributed by atoms with Crippen LogP contribution in [0.5, 0.6) is 5.75 Å². The van der Waals surface area contributed by atoms with E-state index in [1.807, 2.05) is 32.9 Å². The van der Waals surface area contributed by atoms with Gasteiger partial charge in [-0.05, 0) is 57.1 Å². The van der Waals surface area contributed by atoms with Gasteiger partial charge in [-0.15, -0.1) is 0 Å². The Morgan fingerprint density at radius 1 is 1.10 bits per heavy atom. The average molecular weight is 277 g/mol. The lowest BCUT2D eigenvalue weighted by molar-refractivity contribution is 0.0966. The topological polar surface area (TPSA) is 29.5 Å². The number of ether oxygens (including phenoxy) is 1. The van der Waals surface area contributed by atoms with Gasteiger partial charge in [-0.3, -0.25) is 4.79 Å². The fourth-order valence-electron chi connectivity index (χ4n) is 2.34. The summed E-state index contributed by atoms with van der Waals surface area (Å²) in [5.74, 6) is 1.10. The van der Waals surface area contributed by atoms with Crippen LogP contribution in [0.15, 0.2) is 12.1 Å². The van der Waals surface area contributed by atoms with Gasteiger partial charge >= 0.3 is 0 Å². The molecule has 0 aromatic heterocycles. The first-order valence-corrected chi connectivity index (χ1v) is 7.53. The van der Waals surface area contributed by atoms with Crippen LogP contribution >= 0.6 is 0 Å². The Labute approximate surface area is 122 Å². The zero-order valence-electron chi connectivity index (χ0n) is 13.5. The summed E-state index contributed by atoms with van der Waals surface area (Å²) < 4.78 is 5.57. The number of nitrogens with zero attached hydrogens (tertiary/aromatic N) is 1. The predicted octanol–water partition coefficient (Wildman–Crippen LogP) is 3.62. The van der Waals surface area contributed by atoms with Crippen molar-refractivity contribution in [1.29, 1.82) is 0 Å². The molecular weight excluding hydrogens is 250 g/mol. The molecule has 0 unspecified atom stereocenters. The molecule has 0 spiro atoms. The standard InChI is InChI=1S/C17H27NO2/c1-6-18(7-2)10-9-16(19)15-11-14(5)17(20-8-3)12-13(15)4/h11-12H,6-10H2,1-5H3. The van der Waals surface area contributed by atoms with Crippen LogP contribution in [-0.2, 0) is 0 Å². The molecule has 1 rings (SSSR count). The molecule has 0 radical (unpaired) electrons. The van der Waals surface area contributed by atoms with Gasteiger partial charge in [-0.2, -0.15) is 0 Å². The van der Waals surface area contributed by atoms with Gasteiger partial charge in [-0.25, -0.2) is 0 Å². The highest BCUT2D eigenvalue weighted by Crippen LogP contribution is 2.23. The summed E-state index contributed by atoms with van der Waals surface area (Å²) in [6, 6.07) is 3.94. The normalized spacial score (nSPS) is 10.9. The quantitative estimate of drug-likeness (QED) is 0.680. The molecule has 0 aliphatic carbocycles. The van der Waals surface area contributed by atoms with Crippen LogP contribution in [-0.4, -0.2) is 36.9 Å². The molecule has 20 heavy (non-hydrogen) atoms. The summed E-state index contributed by atoms with van der Waals surface area (Å²) in [4.78, 5) is 14.6. The molecule has 112 valence electrons. The highest BCUT2D eigenvalue weighted by molar-refractivity contribution is 5.98.